The third-order valence-electron chi connectivity index (χ3n) is 6.41. The number of amides is 1. The molecular weight excluding hydrogens is 354 g/mol. The van der Waals surface area contributed by atoms with E-state index in [2.05, 4.69) is 27.0 Å². The maximum absolute atomic E-state index is 12.6. The molecule has 2 saturated heterocycles. The molecule has 0 saturated carbocycles. The number of anilines is 1. The van der Waals surface area contributed by atoms with Gasteiger partial charge in [-0.05, 0) is 43.6 Å². The molecule has 3 heterocycles. The topological polar surface area (TPSA) is 70.6 Å². The number of carbonyl (C=O) groups is 1. The van der Waals surface area contributed by atoms with Crippen molar-refractivity contribution in [2.75, 3.05) is 57.4 Å². The van der Waals surface area contributed by atoms with Crippen LogP contribution in [0.3, 0.4) is 0 Å². The van der Waals surface area contributed by atoms with Gasteiger partial charge < -0.3 is 15.0 Å². The minimum absolute atomic E-state index is 0.0440. The van der Waals surface area contributed by atoms with Gasteiger partial charge >= 0.3 is 0 Å². The Labute approximate surface area is 167 Å². The zero-order valence-electron chi connectivity index (χ0n) is 17.0. The van der Waals surface area contributed by atoms with Gasteiger partial charge in [0.2, 0.25) is 11.9 Å². The predicted molar refractivity (Wildman–Crippen MR) is 108 cm³/mol. The third-order valence-corrected chi connectivity index (χ3v) is 6.41. The summed E-state index contributed by atoms with van der Waals surface area (Å²) in [6.07, 6.45) is 6.90. The van der Waals surface area contributed by atoms with E-state index in [0.29, 0.717) is 6.54 Å². The Kier molecular flexibility index (Phi) is 6.42. The van der Waals surface area contributed by atoms with Gasteiger partial charge in [-0.15, -0.1) is 0 Å². The second-order valence-corrected chi connectivity index (χ2v) is 8.50. The van der Waals surface area contributed by atoms with Gasteiger partial charge in [-0.3, -0.25) is 9.69 Å². The van der Waals surface area contributed by atoms with Gasteiger partial charge in [-0.1, -0.05) is 6.92 Å². The lowest BCUT2D eigenvalue weighted by Crippen LogP contribution is -2.43. The largest absolute Gasteiger partial charge is 0.379 e. The molecule has 0 aromatic carbocycles. The van der Waals surface area contributed by atoms with E-state index in [0.717, 1.165) is 88.3 Å². The highest BCUT2D eigenvalue weighted by atomic mass is 16.5. The smallest absolute Gasteiger partial charge is 0.225 e. The maximum Gasteiger partial charge on any atom is 0.225 e. The molecule has 1 aliphatic carbocycles. The molecule has 1 aromatic heterocycles. The number of hydrogen-bond donors (Lipinski definition) is 1. The fourth-order valence-corrected chi connectivity index (χ4v) is 4.39. The van der Waals surface area contributed by atoms with Crippen molar-refractivity contribution in [3.05, 3.63) is 17.5 Å². The highest BCUT2D eigenvalue weighted by Gasteiger charge is 2.27. The molecule has 0 spiro atoms. The lowest BCUT2D eigenvalue weighted by atomic mass is 9.86. The van der Waals surface area contributed by atoms with Gasteiger partial charge in [0, 0.05) is 57.1 Å². The summed E-state index contributed by atoms with van der Waals surface area (Å²) in [4.78, 5) is 26.7. The first-order valence-electron chi connectivity index (χ1n) is 10.9. The van der Waals surface area contributed by atoms with Gasteiger partial charge in [-0.2, -0.15) is 0 Å². The van der Waals surface area contributed by atoms with E-state index in [9.17, 15) is 4.79 Å². The van der Waals surface area contributed by atoms with E-state index in [1.54, 1.807) is 0 Å². The normalized spacial score (nSPS) is 24.0. The number of rotatable bonds is 5. The van der Waals surface area contributed by atoms with Gasteiger partial charge in [-0.25, -0.2) is 9.97 Å². The average Bonchev–Trinajstić information content (AvgIpc) is 2.74. The van der Waals surface area contributed by atoms with Crippen LogP contribution in [-0.2, 0) is 22.4 Å². The standard InChI is InChI=1S/C21H33N5O2/c1-16-4-7-26(8-5-16)21-23-15-18-14-17(2-3-19(18)24-21)20(27)22-6-9-25-10-12-28-13-11-25/h15-17H,2-14H2,1H3,(H,22,27)/t17-/m0/s1. The summed E-state index contributed by atoms with van der Waals surface area (Å²) in [6.45, 7) is 9.55. The molecule has 1 N–H and O–H groups in total. The molecule has 0 bridgehead atoms. The minimum atomic E-state index is 0.0440. The van der Waals surface area contributed by atoms with Gasteiger partial charge in [0.15, 0.2) is 0 Å². The van der Waals surface area contributed by atoms with Crippen LogP contribution in [0.15, 0.2) is 6.20 Å². The summed E-state index contributed by atoms with van der Waals surface area (Å²) < 4.78 is 5.36. The Morgan fingerprint density at radius 3 is 2.79 bits per heavy atom. The minimum Gasteiger partial charge on any atom is -0.379 e. The van der Waals surface area contributed by atoms with Crippen molar-refractivity contribution in [1.82, 2.24) is 20.2 Å². The molecule has 2 aliphatic heterocycles. The van der Waals surface area contributed by atoms with E-state index < -0.39 is 0 Å². The number of nitrogens with one attached hydrogen (secondary N) is 1. The van der Waals surface area contributed by atoms with Crippen molar-refractivity contribution < 1.29 is 9.53 Å². The van der Waals surface area contributed by atoms with Crippen molar-refractivity contribution in [3.8, 4) is 0 Å². The Balaban J connectivity index is 1.27. The number of hydrogen-bond acceptors (Lipinski definition) is 6. The Hall–Kier alpha value is -1.73. The Morgan fingerprint density at radius 1 is 1.21 bits per heavy atom. The summed E-state index contributed by atoms with van der Waals surface area (Å²) in [5.74, 6) is 1.89. The fraction of sp³-hybridized carbons (Fsp3) is 0.762. The summed E-state index contributed by atoms with van der Waals surface area (Å²) >= 11 is 0. The van der Waals surface area contributed by atoms with E-state index in [-0.39, 0.29) is 11.8 Å². The Morgan fingerprint density at radius 2 is 2.00 bits per heavy atom. The number of morpholine rings is 1. The van der Waals surface area contributed by atoms with Crippen LogP contribution in [0.5, 0.6) is 0 Å². The molecular formula is C21H33N5O2. The number of piperidine rings is 1. The molecule has 2 fully saturated rings. The van der Waals surface area contributed by atoms with Crippen LogP contribution in [0.4, 0.5) is 5.95 Å². The molecule has 4 rings (SSSR count). The molecule has 0 radical (unpaired) electrons. The first-order chi connectivity index (χ1) is 13.7. The van der Waals surface area contributed by atoms with Gasteiger partial charge in [0.25, 0.3) is 0 Å². The molecule has 28 heavy (non-hydrogen) atoms. The molecule has 7 nitrogen and oxygen atoms in total. The summed E-state index contributed by atoms with van der Waals surface area (Å²) in [5.41, 5.74) is 2.29. The maximum atomic E-state index is 12.6. The number of carbonyl (C=O) groups excluding carboxylic acids is 1. The summed E-state index contributed by atoms with van der Waals surface area (Å²) in [6, 6.07) is 0. The van der Waals surface area contributed by atoms with Crippen molar-refractivity contribution in [3.63, 3.8) is 0 Å². The van der Waals surface area contributed by atoms with Crippen molar-refractivity contribution in [1.29, 1.82) is 0 Å². The highest BCUT2D eigenvalue weighted by Crippen LogP contribution is 2.27. The van der Waals surface area contributed by atoms with Crippen LogP contribution in [0.25, 0.3) is 0 Å². The van der Waals surface area contributed by atoms with Crippen LogP contribution in [0.1, 0.15) is 37.4 Å². The van der Waals surface area contributed by atoms with E-state index in [1.807, 2.05) is 6.20 Å². The number of ether oxygens (including phenoxy) is 1. The molecule has 0 unspecified atom stereocenters. The van der Waals surface area contributed by atoms with E-state index in [4.69, 9.17) is 9.72 Å². The first kappa shape index (κ1) is 19.6. The predicted octanol–water partition coefficient (Wildman–Crippen LogP) is 1.27. The number of aryl methyl sites for hydroxylation is 1. The highest BCUT2D eigenvalue weighted by molar-refractivity contribution is 5.79. The van der Waals surface area contributed by atoms with Gasteiger partial charge in [0.05, 0.1) is 13.2 Å². The number of nitrogens with zero attached hydrogens (tertiary/aromatic N) is 4. The second kappa shape index (κ2) is 9.18. The second-order valence-electron chi connectivity index (χ2n) is 8.50. The van der Waals surface area contributed by atoms with Crippen LogP contribution < -0.4 is 10.2 Å². The monoisotopic (exact) mass is 387 g/mol. The van der Waals surface area contributed by atoms with Crippen LogP contribution in [-0.4, -0.2) is 73.3 Å². The van der Waals surface area contributed by atoms with E-state index in [1.165, 1.54) is 12.8 Å². The zero-order valence-corrected chi connectivity index (χ0v) is 17.0. The van der Waals surface area contributed by atoms with Crippen LogP contribution in [0.2, 0.25) is 0 Å². The van der Waals surface area contributed by atoms with Crippen LogP contribution >= 0.6 is 0 Å². The average molecular weight is 388 g/mol. The molecule has 1 aromatic rings. The SMILES string of the molecule is CC1CCN(c2ncc3c(n2)CC[C@H](C(=O)NCCN2CCOCC2)C3)CC1. The zero-order chi connectivity index (χ0) is 19.3. The lowest BCUT2D eigenvalue weighted by Gasteiger charge is -2.31. The molecule has 3 aliphatic rings. The molecule has 1 atom stereocenters. The first-order valence-corrected chi connectivity index (χ1v) is 10.9. The third kappa shape index (κ3) is 4.81. The molecule has 1 amide bonds. The summed E-state index contributed by atoms with van der Waals surface area (Å²) in [5, 5.41) is 3.13. The van der Waals surface area contributed by atoms with Gasteiger partial charge in [0.1, 0.15) is 0 Å². The molecule has 7 heteroatoms. The lowest BCUT2D eigenvalue weighted by molar-refractivity contribution is -0.125. The van der Waals surface area contributed by atoms with Crippen LogP contribution in [0, 0.1) is 11.8 Å². The summed E-state index contributed by atoms with van der Waals surface area (Å²) in [7, 11) is 0. The number of fused-ring (bicyclic) bond motifs is 1. The number of aromatic nitrogens is 2. The van der Waals surface area contributed by atoms with E-state index >= 15 is 0 Å². The van der Waals surface area contributed by atoms with Crippen molar-refractivity contribution in [2.45, 2.75) is 39.0 Å². The quantitative estimate of drug-likeness (QED) is 0.820. The van der Waals surface area contributed by atoms with Crippen molar-refractivity contribution in [2.24, 2.45) is 11.8 Å². The fourth-order valence-electron chi connectivity index (χ4n) is 4.39. The molecule has 154 valence electrons. The van der Waals surface area contributed by atoms with Crippen molar-refractivity contribution >= 4 is 11.9 Å². The Bertz CT molecular complexity index is 669.